The van der Waals surface area contributed by atoms with E-state index in [4.69, 9.17) is 4.42 Å². The van der Waals surface area contributed by atoms with Gasteiger partial charge in [0.15, 0.2) is 17.2 Å². The van der Waals surface area contributed by atoms with Crippen molar-refractivity contribution in [1.29, 1.82) is 0 Å². The van der Waals surface area contributed by atoms with Crippen molar-refractivity contribution in [2.24, 2.45) is 0 Å². The summed E-state index contributed by atoms with van der Waals surface area (Å²) in [6.45, 7) is 2.63. The fourth-order valence-corrected chi connectivity index (χ4v) is 3.03. The van der Waals surface area contributed by atoms with Crippen LogP contribution in [0.15, 0.2) is 57.9 Å². The van der Waals surface area contributed by atoms with Gasteiger partial charge in [0, 0.05) is 23.6 Å². The predicted molar refractivity (Wildman–Crippen MR) is 116 cm³/mol. The Hall–Kier alpha value is -4.21. The van der Waals surface area contributed by atoms with E-state index in [0.717, 1.165) is 24.7 Å². The number of H-pyrrole nitrogens is 1. The number of nitrogens with one attached hydrogen (secondary N) is 3. The Morgan fingerprint density at radius 1 is 1.16 bits per heavy atom. The van der Waals surface area contributed by atoms with Crippen LogP contribution in [0, 0.1) is 5.82 Å². The standard InChI is InChI=1S/C21H19FN6O3/c1-2-9-28(12-29)15-6-3-13(4-7-15)25-20-23-11-16(22)19(27-20)24-14-5-8-18-17(10-14)26-21(30)31-18/h3-8,10-12H,2,9H2,1H3,(H,26,30)(H2,23,24,25,27). The van der Waals surface area contributed by atoms with Gasteiger partial charge in [-0.2, -0.15) is 4.98 Å². The second-order valence-electron chi connectivity index (χ2n) is 6.71. The maximum atomic E-state index is 14.2. The molecule has 3 N–H and O–H groups in total. The van der Waals surface area contributed by atoms with Gasteiger partial charge in [-0.3, -0.25) is 9.78 Å². The molecule has 0 spiro atoms. The van der Waals surface area contributed by atoms with Gasteiger partial charge in [0.05, 0.1) is 11.7 Å². The molecule has 4 rings (SSSR count). The first-order chi connectivity index (χ1) is 15.1. The summed E-state index contributed by atoms with van der Waals surface area (Å²) in [5.41, 5.74) is 2.85. The fraction of sp³-hybridized carbons (Fsp3) is 0.143. The number of hydrogen-bond donors (Lipinski definition) is 3. The van der Waals surface area contributed by atoms with E-state index in [1.807, 2.05) is 6.92 Å². The van der Waals surface area contributed by atoms with Crippen LogP contribution in [0.3, 0.4) is 0 Å². The van der Waals surface area contributed by atoms with Gasteiger partial charge in [-0.25, -0.2) is 14.2 Å². The average Bonchev–Trinajstić information content (AvgIpc) is 3.14. The first-order valence-electron chi connectivity index (χ1n) is 9.57. The maximum Gasteiger partial charge on any atom is 0.417 e. The third-order valence-corrected chi connectivity index (χ3v) is 4.47. The Balaban J connectivity index is 1.51. The van der Waals surface area contributed by atoms with E-state index in [9.17, 15) is 14.0 Å². The molecule has 0 fully saturated rings. The smallest absolute Gasteiger partial charge is 0.408 e. The summed E-state index contributed by atoms with van der Waals surface area (Å²) in [4.78, 5) is 34.8. The van der Waals surface area contributed by atoms with Crippen molar-refractivity contribution < 1.29 is 13.6 Å². The zero-order valence-corrected chi connectivity index (χ0v) is 16.6. The molecule has 4 aromatic rings. The van der Waals surface area contributed by atoms with E-state index in [1.165, 1.54) is 0 Å². The predicted octanol–water partition coefficient (Wildman–Crippen LogP) is 3.91. The summed E-state index contributed by atoms with van der Waals surface area (Å²) >= 11 is 0. The molecule has 0 atom stereocenters. The Morgan fingerprint density at radius 2 is 1.94 bits per heavy atom. The van der Waals surface area contributed by atoms with Crippen molar-refractivity contribution >= 4 is 46.3 Å². The highest BCUT2D eigenvalue weighted by atomic mass is 19.1. The summed E-state index contributed by atoms with van der Waals surface area (Å²) < 4.78 is 19.2. The number of aromatic nitrogens is 3. The van der Waals surface area contributed by atoms with Crippen LogP contribution in [0.25, 0.3) is 11.1 Å². The number of hydrogen-bond acceptors (Lipinski definition) is 7. The van der Waals surface area contributed by atoms with Gasteiger partial charge in [-0.15, -0.1) is 0 Å². The lowest BCUT2D eigenvalue weighted by atomic mass is 10.2. The zero-order valence-electron chi connectivity index (χ0n) is 16.6. The molecule has 0 aliphatic carbocycles. The number of carbonyl (C=O) groups is 1. The molecule has 2 aromatic heterocycles. The normalized spacial score (nSPS) is 10.8. The molecule has 0 aliphatic rings. The van der Waals surface area contributed by atoms with Gasteiger partial charge >= 0.3 is 5.76 Å². The summed E-state index contributed by atoms with van der Waals surface area (Å²) in [6.07, 6.45) is 2.70. The molecular weight excluding hydrogens is 403 g/mol. The molecule has 10 heteroatoms. The van der Waals surface area contributed by atoms with Gasteiger partial charge in [0.2, 0.25) is 12.4 Å². The minimum absolute atomic E-state index is 0.0330. The van der Waals surface area contributed by atoms with Gasteiger partial charge in [0.25, 0.3) is 0 Å². The lowest BCUT2D eigenvalue weighted by molar-refractivity contribution is -0.107. The monoisotopic (exact) mass is 422 g/mol. The van der Waals surface area contributed by atoms with E-state index >= 15 is 0 Å². The SMILES string of the molecule is CCCN(C=O)c1ccc(Nc2ncc(F)c(Nc3ccc4oc(=O)[nH]c4c3)n2)cc1. The summed E-state index contributed by atoms with van der Waals surface area (Å²) in [6, 6.07) is 12.0. The van der Waals surface area contributed by atoms with Gasteiger partial charge in [0.1, 0.15) is 0 Å². The van der Waals surface area contributed by atoms with Crippen molar-refractivity contribution in [3.8, 4) is 0 Å². The Kier molecular flexibility index (Phi) is 5.61. The first-order valence-corrected chi connectivity index (χ1v) is 9.57. The molecular formula is C21H19FN6O3. The lowest BCUT2D eigenvalue weighted by Gasteiger charge is -2.16. The molecule has 2 aromatic carbocycles. The third kappa shape index (κ3) is 4.53. The van der Waals surface area contributed by atoms with Crippen LogP contribution in [0.5, 0.6) is 0 Å². The third-order valence-electron chi connectivity index (χ3n) is 4.47. The van der Waals surface area contributed by atoms with Crippen LogP contribution in [-0.4, -0.2) is 27.9 Å². The number of oxazole rings is 1. The lowest BCUT2D eigenvalue weighted by Crippen LogP contribution is -2.21. The second kappa shape index (κ2) is 8.66. The second-order valence-corrected chi connectivity index (χ2v) is 6.71. The van der Waals surface area contributed by atoms with E-state index in [-0.39, 0.29) is 11.8 Å². The summed E-state index contributed by atoms with van der Waals surface area (Å²) in [7, 11) is 0. The topological polar surface area (TPSA) is 116 Å². The molecule has 0 saturated heterocycles. The number of halogens is 1. The zero-order chi connectivity index (χ0) is 21.8. The molecule has 0 aliphatic heterocycles. The highest BCUT2D eigenvalue weighted by molar-refractivity contribution is 5.78. The summed E-state index contributed by atoms with van der Waals surface area (Å²) in [5, 5.41) is 5.88. The Bertz CT molecular complexity index is 1270. The molecule has 0 radical (unpaired) electrons. The largest absolute Gasteiger partial charge is 0.417 e. The average molecular weight is 422 g/mol. The molecule has 31 heavy (non-hydrogen) atoms. The van der Waals surface area contributed by atoms with Crippen LogP contribution in [0.4, 0.5) is 33.2 Å². The highest BCUT2D eigenvalue weighted by Gasteiger charge is 2.10. The number of carbonyl (C=O) groups excluding carboxylic acids is 1. The molecule has 0 saturated carbocycles. The number of benzene rings is 2. The fourth-order valence-electron chi connectivity index (χ4n) is 3.03. The minimum Gasteiger partial charge on any atom is -0.408 e. The van der Waals surface area contributed by atoms with Crippen molar-refractivity contribution in [3.05, 3.63) is 65.0 Å². The molecule has 0 bridgehead atoms. The van der Waals surface area contributed by atoms with Crippen molar-refractivity contribution in [1.82, 2.24) is 15.0 Å². The van der Waals surface area contributed by atoms with E-state index in [0.29, 0.717) is 29.0 Å². The van der Waals surface area contributed by atoms with Crippen LogP contribution in [0.2, 0.25) is 0 Å². The first kappa shape index (κ1) is 20.1. The number of aromatic amines is 1. The van der Waals surface area contributed by atoms with E-state index < -0.39 is 11.6 Å². The van der Waals surface area contributed by atoms with Crippen LogP contribution in [-0.2, 0) is 4.79 Å². The quantitative estimate of drug-likeness (QED) is 0.369. The number of anilines is 5. The number of rotatable bonds is 8. The van der Waals surface area contributed by atoms with Crippen molar-refractivity contribution in [2.75, 3.05) is 22.1 Å². The van der Waals surface area contributed by atoms with Crippen molar-refractivity contribution in [3.63, 3.8) is 0 Å². The van der Waals surface area contributed by atoms with Crippen molar-refractivity contribution in [2.45, 2.75) is 13.3 Å². The Labute approximate surface area is 175 Å². The molecule has 158 valence electrons. The van der Waals surface area contributed by atoms with Gasteiger partial charge < -0.3 is 20.0 Å². The van der Waals surface area contributed by atoms with Gasteiger partial charge in [-0.05, 0) is 48.9 Å². The Morgan fingerprint density at radius 3 is 2.68 bits per heavy atom. The van der Waals surface area contributed by atoms with E-state index in [1.54, 1.807) is 47.4 Å². The molecule has 0 unspecified atom stereocenters. The number of amides is 1. The number of nitrogens with zero attached hydrogens (tertiary/aromatic N) is 3. The van der Waals surface area contributed by atoms with E-state index in [2.05, 4.69) is 25.6 Å². The molecule has 2 heterocycles. The van der Waals surface area contributed by atoms with Crippen LogP contribution in [0.1, 0.15) is 13.3 Å². The van der Waals surface area contributed by atoms with Crippen LogP contribution < -0.4 is 21.3 Å². The highest BCUT2D eigenvalue weighted by Crippen LogP contribution is 2.24. The van der Waals surface area contributed by atoms with Crippen LogP contribution >= 0.6 is 0 Å². The van der Waals surface area contributed by atoms with Gasteiger partial charge in [-0.1, -0.05) is 6.92 Å². The molecule has 9 nitrogen and oxygen atoms in total. The molecule has 1 amide bonds. The number of fused-ring (bicyclic) bond motifs is 1. The maximum absolute atomic E-state index is 14.2. The summed E-state index contributed by atoms with van der Waals surface area (Å²) in [5.74, 6) is -1.05. The minimum atomic E-state index is -0.636.